The SMILES string of the molecule is CCl.N=C(C1=C(c2ccc(Cl)cc2)C(=O)NC1=O)c1ccccc1N. The number of imide groups is 1. The van der Waals surface area contributed by atoms with Crippen LogP contribution in [0.3, 0.4) is 0 Å². The second kappa shape index (κ2) is 7.96. The molecule has 2 amide bonds. The lowest BCUT2D eigenvalue weighted by Gasteiger charge is -2.09. The van der Waals surface area contributed by atoms with E-state index in [0.29, 0.717) is 21.8 Å². The molecule has 1 aliphatic rings. The van der Waals surface area contributed by atoms with Crippen molar-refractivity contribution in [1.82, 2.24) is 5.32 Å². The highest BCUT2D eigenvalue weighted by Crippen LogP contribution is 2.28. The van der Waals surface area contributed by atoms with Crippen LogP contribution in [0.2, 0.25) is 5.02 Å². The molecule has 128 valence electrons. The lowest BCUT2D eigenvalue weighted by atomic mass is 9.94. The zero-order valence-corrected chi connectivity index (χ0v) is 14.8. The van der Waals surface area contributed by atoms with E-state index in [0.717, 1.165) is 0 Å². The third-order valence-electron chi connectivity index (χ3n) is 3.54. The molecule has 0 fully saturated rings. The lowest BCUT2D eigenvalue weighted by Crippen LogP contribution is -2.25. The van der Waals surface area contributed by atoms with E-state index in [4.69, 9.17) is 22.7 Å². The highest BCUT2D eigenvalue weighted by molar-refractivity contribution is 6.47. The number of carbonyl (C=O) groups is 2. The van der Waals surface area contributed by atoms with Crippen LogP contribution in [0.5, 0.6) is 0 Å². The molecule has 0 atom stereocenters. The Bertz CT molecular complexity index is 874. The molecule has 0 aromatic heterocycles. The summed E-state index contributed by atoms with van der Waals surface area (Å²) >= 11 is 10.5. The van der Waals surface area contributed by atoms with Crippen LogP contribution < -0.4 is 11.1 Å². The smallest absolute Gasteiger partial charge is 0.261 e. The molecule has 0 spiro atoms. The summed E-state index contributed by atoms with van der Waals surface area (Å²) in [6.07, 6.45) is 1.47. The van der Waals surface area contributed by atoms with Crippen molar-refractivity contribution in [2.24, 2.45) is 0 Å². The van der Waals surface area contributed by atoms with Crippen LogP contribution in [0.25, 0.3) is 5.57 Å². The van der Waals surface area contributed by atoms with E-state index in [1.165, 1.54) is 6.38 Å². The Balaban J connectivity index is 0.00000109. The first-order chi connectivity index (χ1) is 12.0. The first kappa shape index (κ1) is 18.7. The standard InChI is InChI=1S/C17H12ClN3O2.CH3Cl/c18-10-7-5-9(6-8-10)13-14(17(23)21-16(13)22)15(20)11-3-1-2-4-12(11)19;1-2/h1-8,20H,19H2,(H,21,22,23);1H3. The average molecular weight is 376 g/mol. The molecule has 4 N–H and O–H groups in total. The molecule has 0 bridgehead atoms. The summed E-state index contributed by atoms with van der Waals surface area (Å²) in [4.78, 5) is 24.3. The van der Waals surface area contributed by atoms with Crippen molar-refractivity contribution in [2.45, 2.75) is 0 Å². The Kier molecular flexibility index (Phi) is 5.96. The van der Waals surface area contributed by atoms with Gasteiger partial charge in [-0.05, 0) is 23.8 Å². The number of para-hydroxylation sites is 1. The highest BCUT2D eigenvalue weighted by Gasteiger charge is 2.34. The molecule has 5 nitrogen and oxygen atoms in total. The molecule has 25 heavy (non-hydrogen) atoms. The van der Waals surface area contributed by atoms with Crippen LogP contribution in [0, 0.1) is 5.41 Å². The number of carbonyl (C=O) groups excluding carboxylic acids is 2. The van der Waals surface area contributed by atoms with E-state index in [1.54, 1.807) is 48.5 Å². The van der Waals surface area contributed by atoms with Gasteiger partial charge in [0.2, 0.25) is 0 Å². The number of nitrogens with two attached hydrogens (primary N) is 1. The van der Waals surface area contributed by atoms with Gasteiger partial charge in [-0.1, -0.05) is 41.9 Å². The number of hydrogen-bond acceptors (Lipinski definition) is 4. The first-order valence-electron chi connectivity index (χ1n) is 7.16. The molecule has 0 unspecified atom stereocenters. The minimum Gasteiger partial charge on any atom is -0.398 e. The zero-order chi connectivity index (χ0) is 18.6. The van der Waals surface area contributed by atoms with Crippen LogP contribution in [0.15, 0.2) is 54.1 Å². The van der Waals surface area contributed by atoms with Gasteiger partial charge in [-0.3, -0.25) is 20.3 Å². The second-order valence-corrected chi connectivity index (χ2v) is 5.44. The van der Waals surface area contributed by atoms with Gasteiger partial charge >= 0.3 is 0 Å². The molecule has 0 radical (unpaired) electrons. The van der Waals surface area contributed by atoms with Gasteiger partial charge in [-0.15, -0.1) is 11.6 Å². The molecule has 0 aliphatic carbocycles. The molecule has 1 heterocycles. The topological polar surface area (TPSA) is 96.0 Å². The lowest BCUT2D eigenvalue weighted by molar-refractivity contribution is -0.123. The van der Waals surface area contributed by atoms with E-state index >= 15 is 0 Å². The first-order valence-corrected chi connectivity index (χ1v) is 8.30. The number of alkyl halides is 1. The summed E-state index contributed by atoms with van der Waals surface area (Å²) in [6.45, 7) is 0. The average Bonchev–Trinajstić information content (AvgIpc) is 2.91. The molecule has 0 saturated heterocycles. The fourth-order valence-corrected chi connectivity index (χ4v) is 2.57. The van der Waals surface area contributed by atoms with Crippen LogP contribution in [-0.4, -0.2) is 23.9 Å². The number of benzene rings is 2. The molecule has 1 aliphatic heterocycles. The van der Waals surface area contributed by atoms with Gasteiger partial charge in [0.25, 0.3) is 11.8 Å². The van der Waals surface area contributed by atoms with Crippen LogP contribution >= 0.6 is 23.2 Å². The van der Waals surface area contributed by atoms with Crippen molar-refractivity contribution >= 4 is 52.0 Å². The summed E-state index contributed by atoms with van der Waals surface area (Å²) in [5.74, 6) is -1.14. The third kappa shape index (κ3) is 3.73. The van der Waals surface area contributed by atoms with Crippen molar-refractivity contribution in [3.05, 3.63) is 70.3 Å². The maximum absolute atomic E-state index is 12.2. The Labute approximate surface area is 154 Å². The minimum absolute atomic E-state index is 0.00947. The van der Waals surface area contributed by atoms with Crippen molar-refractivity contribution in [1.29, 1.82) is 5.41 Å². The van der Waals surface area contributed by atoms with Gasteiger partial charge < -0.3 is 5.73 Å². The Morgan fingerprint density at radius 1 is 1.00 bits per heavy atom. The predicted octanol–water partition coefficient (Wildman–Crippen LogP) is 3.26. The van der Waals surface area contributed by atoms with Crippen LogP contribution in [0.1, 0.15) is 11.1 Å². The third-order valence-corrected chi connectivity index (χ3v) is 3.80. The van der Waals surface area contributed by atoms with Crippen LogP contribution in [-0.2, 0) is 9.59 Å². The summed E-state index contributed by atoms with van der Waals surface area (Å²) in [6, 6.07) is 13.3. The van der Waals surface area contributed by atoms with Gasteiger partial charge in [0, 0.05) is 22.7 Å². The predicted molar refractivity (Wildman–Crippen MR) is 101 cm³/mol. The maximum atomic E-state index is 12.2. The van der Waals surface area contributed by atoms with Gasteiger partial charge in [0.05, 0.1) is 16.9 Å². The van der Waals surface area contributed by atoms with E-state index in [1.807, 2.05) is 0 Å². The molecular weight excluding hydrogens is 361 g/mol. The number of nitrogens with one attached hydrogen (secondary N) is 2. The van der Waals surface area contributed by atoms with Crippen molar-refractivity contribution < 1.29 is 9.59 Å². The zero-order valence-electron chi connectivity index (χ0n) is 13.3. The summed E-state index contributed by atoms with van der Waals surface area (Å²) in [5.41, 5.74) is 7.24. The van der Waals surface area contributed by atoms with E-state index < -0.39 is 11.8 Å². The van der Waals surface area contributed by atoms with Gasteiger partial charge in [-0.25, -0.2) is 0 Å². The fourth-order valence-electron chi connectivity index (χ4n) is 2.45. The second-order valence-electron chi connectivity index (χ2n) is 5.00. The summed E-state index contributed by atoms with van der Waals surface area (Å²) in [5, 5.41) is 11.1. The van der Waals surface area contributed by atoms with E-state index in [2.05, 4.69) is 16.9 Å². The quantitative estimate of drug-likeness (QED) is 0.332. The van der Waals surface area contributed by atoms with E-state index in [9.17, 15) is 9.59 Å². The molecule has 2 aromatic rings. The van der Waals surface area contributed by atoms with Gasteiger partial charge in [-0.2, -0.15) is 0 Å². The summed E-state index contributed by atoms with van der Waals surface area (Å²) in [7, 11) is 0. The van der Waals surface area contributed by atoms with Crippen molar-refractivity contribution in [2.75, 3.05) is 12.1 Å². The summed E-state index contributed by atoms with van der Waals surface area (Å²) < 4.78 is 0. The van der Waals surface area contributed by atoms with E-state index in [-0.39, 0.29) is 16.9 Å². The number of hydrogen-bond donors (Lipinski definition) is 3. The number of anilines is 1. The number of rotatable bonds is 3. The highest BCUT2D eigenvalue weighted by atomic mass is 35.5. The Morgan fingerprint density at radius 2 is 1.60 bits per heavy atom. The largest absolute Gasteiger partial charge is 0.398 e. The fraction of sp³-hybridized carbons (Fsp3) is 0.0556. The van der Waals surface area contributed by atoms with Crippen LogP contribution in [0.4, 0.5) is 5.69 Å². The van der Waals surface area contributed by atoms with Gasteiger partial charge in [0.15, 0.2) is 0 Å². The van der Waals surface area contributed by atoms with Crippen molar-refractivity contribution in [3.8, 4) is 0 Å². The minimum atomic E-state index is -0.604. The number of nitrogen functional groups attached to an aromatic ring is 1. The number of halogens is 2. The molecule has 2 aromatic carbocycles. The Morgan fingerprint density at radius 3 is 2.20 bits per heavy atom. The molecular formula is C18H15Cl2N3O2. The molecule has 0 saturated carbocycles. The van der Waals surface area contributed by atoms with Gasteiger partial charge in [0.1, 0.15) is 0 Å². The Hall–Kier alpha value is -2.63. The molecule has 3 rings (SSSR count). The monoisotopic (exact) mass is 375 g/mol. The number of amides is 2. The van der Waals surface area contributed by atoms with Crippen molar-refractivity contribution in [3.63, 3.8) is 0 Å². The normalized spacial score (nSPS) is 13.2. The maximum Gasteiger partial charge on any atom is 0.261 e. The molecule has 7 heteroatoms.